The van der Waals surface area contributed by atoms with E-state index < -0.39 is 6.43 Å². The Kier molecular flexibility index (Phi) is 4.83. The second kappa shape index (κ2) is 5.92. The number of hydrogen-bond acceptors (Lipinski definition) is 2. The molecular weight excluding hydrogens is 210 g/mol. The van der Waals surface area contributed by atoms with Gasteiger partial charge in [-0.1, -0.05) is 24.3 Å². The number of nitrogens with two attached hydrogens (primary N) is 1. The van der Waals surface area contributed by atoms with Gasteiger partial charge in [-0.05, 0) is 19.5 Å². The molecule has 0 amide bonds. The van der Waals surface area contributed by atoms with Crippen LogP contribution in [0.3, 0.4) is 0 Å². The number of halogens is 2. The van der Waals surface area contributed by atoms with E-state index in [0.717, 1.165) is 12.1 Å². The van der Waals surface area contributed by atoms with Crippen LogP contribution >= 0.6 is 0 Å². The monoisotopic (exact) mass is 228 g/mol. The van der Waals surface area contributed by atoms with Crippen molar-refractivity contribution >= 4 is 0 Å². The van der Waals surface area contributed by atoms with Crippen molar-refractivity contribution in [1.82, 2.24) is 4.90 Å². The zero-order valence-electron chi connectivity index (χ0n) is 9.66. The minimum atomic E-state index is -2.39. The van der Waals surface area contributed by atoms with E-state index in [0.29, 0.717) is 6.54 Å². The van der Waals surface area contributed by atoms with Gasteiger partial charge in [0.15, 0.2) is 0 Å². The van der Waals surface area contributed by atoms with Crippen molar-refractivity contribution in [2.75, 3.05) is 13.6 Å². The van der Waals surface area contributed by atoms with E-state index >= 15 is 0 Å². The Morgan fingerprint density at radius 3 is 2.25 bits per heavy atom. The van der Waals surface area contributed by atoms with Crippen LogP contribution in [0.15, 0.2) is 24.3 Å². The molecule has 16 heavy (non-hydrogen) atoms. The summed E-state index contributed by atoms with van der Waals surface area (Å²) in [6.45, 7) is 3.35. The Hall–Kier alpha value is -1.00. The molecule has 1 rings (SSSR count). The molecule has 1 unspecified atom stereocenters. The summed E-state index contributed by atoms with van der Waals surface area (Å²) >= 11 is 0. The highest BCUT2D eigenvalue weighted by molar-refractivity contribution is 5.23. The molecule has 0 fully saturated rings. The molecule has 2 N–H and O–H groups in total. The summed E-state index contributed by atoms with van der Waals surface area (Å²) in [5.74, 6) is 0. The summed E-state index contributed by atoms with van der Waals surface area (Å²) in [7, 11) is 1.97. The molecule has 0 aliphatic rings. The van der Waals surface area contributed by atoms with Gasteiger partial charge in [0.05, 0.1) is 0 Å². The van der Waals surface area contributed by atoms with E-state index in [1.54, 1.807) is 12.1 Å². The van der Waals surface area contributed by atoms with Crippen LogP contribution < -0.4 is 5.73 Å². The lowest BCUT2D eigenvalue weighted by Gasteiger charge is -2.23. The molecule has 4 heteroatoms. The lowest BCUT2D eigenvalue weighted by atomic mass is 10.1. The van der Waals surface area contributed by atoms with Gasteiger partial charge >= 0.3 is 0 Å². The first-order chi connectivity index (χ1) is 7.54. The molecule has 0 radical (unpaired) electrons. The summed E-state index contributed by atoms with van der Waals surface area (Å²) < 4.78 is 24.6. The number of nitrogens with zero attached hydrogens (tertiary/aromatic N) is 1. The number of rotatable bonds is 5. The van der Waals surface area contributed by atoms with Crippen LogP contribution in [0.1, 0.15) is 24.5 Å². The van der Waals surface area contributed by atoms with Gasteiger partial charge in [-0.15, -0.1) is 0 Å². The summed E-state index contributed by atoms with van der Waals surface area (Å²) in [6, 6.07) is 6.71. The molecule has 0 aliphatic carbocycles. The fourth-order valence-electron chi connectivity index (χ4n) is 1.39. The smallest absolute Gasteiger partial charge is 0.263 e. The van der Waals surface area contributed by atoms with Crippen molar-refractivity contribution in [3.05, 3.63) is 35.4 Å². The molecule has 0 aromatic heterocycles. The first-order valence-electron chi connectivity index (χ1n) is 5.32. The van der Waals surface area contributed by atoms with Crippen molar-refractivity contribution in [3.8, 4) is 0 Å². The van der Waals surface area contributed by atoms with Crippen LogP contribution in [-0.4, -0.2) is 24.5 Å². The summed E-state index contributed by atoms with van der Waals surface area (Å²) in [4.78, 5) is 2.09. The molecule has 1 aromatic rings. The van der Waals surface area contributed by atoms with Crippen molar-refractivity contribution in [1.29, 1.82) is 0 Å². The minimum Gasteiger partial charge on any atom is -0.329 e. The molecule has 0 spiro atoms. The summed E-state index contributed by atoms with van der Waals surface area (Å²) in [6.07, 6.45) is -2.39. The van der Waals surface area contributed by atoms with E-state index in [-0.39, 0.29) is 11.6 Å². The SMILES string of the molecule is CC(CN)N(C)Cc1ccc(C(F)F)cc1. The summed E-state index contributed by atoms with van der Waals surface area (Å²) in [5, 5.41) is 0. The molecule has 0 saturated heterocycles. The molecule has 0 heterocycles. The zero-order chi connectivity index (χ0) is 12.1. The van der Waals surface area contributed by atoms with Gasteiger partial charge in [0.2, 0.25) is 0 Å². The van der Waals surface area contributed by atoms with Crippen LogP contribution in [0.25, 0.3) is 0 Å². The van der Waals surface area contributed by atoms with Gasteiger partial charge in [0.25, 0.3) is 6.43 Å². The second-order valence-corrected chi connectivity index (χ2v) is 4.04. The van der Waals surface area contributed by atoms with E-state index in [4.69, 9.17) is 5.73 Å². The van der Waals surface area contributed by atoms with Gasteiger partial charge < -0.3 is 5.73 Å². The first-order valence-corrected chi connectivity index (χ1v) is 5.32. The standard InChI is InChI=1S/C12H18F2N2/c1-9(7-15)16(2)8-10-3-5-11(6-4-10)12(13)14/h3-6,9,12H,7-8,15H2,1-2H3. The van der Waals surface area contributed by atoms with Crippen molar-refractivity contribution in [2.24, 2.45) is 5.73 Å². The maximum Gasteiger partial charge on any atom is 0.263 e. The van der Waals surface area contributed by atoms with E-state index in [9.17, 15) is 8.78 Å². The third-order valence-electron chi connectivity index (χ3n) is 2.76. The number of hydrogen-bond donors (Lipinski definition) is 1. The molecule has 2 nitrogen and oxygen atoms in total. The Balaban J connectivity index is 2.61. The van der Waals surface area contributed by atoms with E-state index in [2.05, 4.69) is 4.90 Å². The summed E-state index contributed by atoms with van der Waals surface area (Å²) in [5.41, 5.74) is 6.64. The Bertz CT molecular complexity index is 311. The van der Waals surface area contributed by atoms with Crippen molar-refractivity contribution in [2.45, 2.75) is 25.9 Å². The molecular formula is C12H18F2N2. The fourth-order valence-corrected chi connectivity index (χ4v) is 1.39. The number of likely N-dealkylation sites (N-methyl/N-ethyl adjacent to an activating group) is 1. The maximum atomic E-state index is 12.3. The van der Waals surface area contributed by atoms with E-state index in [1.165, 1.54) is 12.1 Å². The van der Waals surface area contributed by atoms with Crippen molar-refractivity contribution in [3.63, 3.8) is 0 Å². The third kappa shape index (κ3) is 3.54. The quantitative estimate of drug-likeness (QED) is 0.838. The highest BCUT2D eigenvalue weighted by Gasteiger charge is 2.09. The Labute approximate surface area is 95.1 Å². The van der Waals surface area contributed by atoms with Crippen LogP contribution in [-0.2, 0) is 6.54 Å². The first kappa shape index (κ1) is 13.1. The van der Waals surface area contributed by atoms with E-state index in [1.807, 2.05) is 14.0 Å². The number of alkyl halides is 2. The fraction of sp³-hybridized carbons (Fsp3) is 0.500. The van der Waals surface area contributed by atoms with Crippen LogP contribution in [0.4, 0.5) is 8.78 Å². The lowest BCUT2D eigenvalue weighted by molar-refractivity contribution is 0.151. The van der Waals surface area contributed by atoms with Gasteiger partial charge in [-0.25, -0.2) is 8.78 Å². The third-order valence-corrected chi connectivity index (χ3v) is 2.76. The Morgan fingerprint density at radius 1 is 1.25 bits per heavy atom. The molecule has 0 aliphatic heterocycles. The molecule has 0 bridgehead atoms. The van der Waals surface area contributed by atoms with Gasteiger partial charge in [0, 0.05) is 24.7 Å². The number of benzene rings is 1. The lowest BCUT2D eigenvalue weighted by Crippen LogP contribution is -2.34. The van der Waals surface area contributed by atoms with Crippen LogP contribution in [0, 0.1) is 0 Å². The average molecular weight is 228 g/mol. The maximum absolute atomic E-state index is 12.3. The highest BCUT2D eigenvalue weighted by Crippen LogP contribution is 2.19. The predicted molar refractivity (Wildman–Crippen MR) is 61.4 cm³/mol. The topological polar surface area (TPSA) is 29.3 Å². The van der Waals surface area contributed by atoms with Gasteiger partial charge in [-0.2, -0.15) is 0 Å². The average Bonchev–Trinajstić information content (AvgIpc) is 2.28. The van der Waals surface area contributed by atoms with Crippen molar-refractivity contribution < 1.29 is 8.78 Å². The minimum absolute atomic E-state index is 0.0678. The highest BCUT2D eigenvalue weighted by atomic mass is 19.3. The second-order valence-electron chi connectivity index (χ2n) is 4.04. The van der Waals surface area contributed by atoms with Gasteiger partial charge in [0.1, 0.15) is 0 Å². The molecule has 1 atom stereocenters. The molecule has 1 aromatic carbocycles. The van der Waals surface area contributed by atoms with Gasteiger partial charge in [-0.3, -0.25) is 4.90 Å². The normalized spacial score (nSPS) is 13.4. The zero-order valence-corrected chi connectivity index (χ0v) is 9.66. The molecule has 90 valence electrons. The van der Waals surface area contributed by atoms with Crippen LogP contribution in [0.5, 0.6) is 0 Å². The Morgan fingerprint density at radius 2 is 1.81 bits per heavy atom. The van der Waals surface area contributed by atoms with Crippen LogP contribution in [0.2, 0.25) is 0 Å². The largest absolute Gasteiger partial charge is 0.329 e. The predicted octanol–water partition coefficient (Wildman–Crippen LogP) is 2.40. The molecule has 0 saturated carbocycles.